The van der Waals surface area contributed by atoms with Crippen molar-refractivity contribution in [3.63, 3.8) is 0 Å². The van der Waals surface area contributed by atoms with Gasteiger partial charge in [-0.3, -0.25) is 19.3 Å². The number of rotatable bonds is 9. The minimum absolute atomic E-state index is 0.00437. The minimum atomic E-state index is -1.21. The molecule has 2 aromatic carbocycles. The molecule has 2 aliphatic heterocycles. The van der Waals surface area contributed by atoms with Crippen LogP contribution in [-0.4, -0.2) is 83.5 Å². The van der Waals surface area contributed by atoms with Gasteiger partial charge in [0.25, 0.3) is 0 Å². The average molecular weight is 537 g/mol. The maximum atomic E-state index is 13.6. The number of para-hydroxylation sites is 1. The first-order valence-electron chi connectivity index (χ1n) is 12.9. The standard InChI is InChI=1S/C27H32BN3O8/c1-3-30-11-12-31(26(35)25(30)34)27(36)29-23(18-7-9-21(10-8-18)38-14-13-32)22(33)16-20-15-19-6-4-5-17(2)24(19)39-28(20)37/h4-10,20,23,32,37H,3,11-16H2,1-2H3,(H,29,36)/t20-,23?/m1/s1. The zero-order valence-electron chi connectivity index (χ0n) is 22.0. The summed E-state index contributed by atoms with van der Waals surface area (Å²) in [5.41, 5.74) is 2.19. The fourth-order valence-electron chi connectivity index (χ4n) is 4.83. The zero-order valence-corrected chi connectivity index (χ0v) is 22.0. The number of likely N-dealkylation sites (N-methyl/N-ethyl adjacent to an activating group) is 1. The number of aliphatic hydroxyl groups excluding tert-OH is 1. The van der Waals surface area contributed by atoms with Crippen molar-refractivity contribution in [2.45, 2.75) is 38.5 Å². The van der Waals surface area contributed by atoms with Crippen molar-refractivity contribution in [2.24, 2.45) is 0 Å². The molecular weight excluding hydrogens is 505 g/mol. The van der Waals surface area contributed by atoms with Gasteiger partial charge >= 0.3 is 25.0 Å². The second-order valence-electron chi connectivity index (χ2n) is 9.57. The van der Waals surface area contributed by atoms with Gasteiger partial charge in [-0.2, -0.15) is 0 Å². The summed E-state index contributed by atoms with van der Waals surface area (Å²) in [5.74, 6) is -1.63. The number of piperazine rings is 1. The number of amides is 4. The molecule has 1 fully saturated rings. The Kier molecular flexibility index (Phi) is 8.88. The van der Waals surface area contributed by atoms with Crippen LogP contribution in [0.15, 0.2) is 42.5 Å². The summed E-state index contributed by atoms with van der Waals surface area (Å²) in [7, 11) is -1.21. The lowest BCUT2D eigenvalue weighted by atomic mass is 9.64. The van der Waals surface area contributed by atoms with Crippen LogP contribution in [-0.2, 0) is 20.8 Å². The molecule has 0 aliphatic carbocycles. The highest BCUT2D eigenvalue weighted by Crippen LogP contribution is 2.37. The zero-order chi connectivity index (χ0) is 28.1. The third kappa shape index (κ3) is 6.23. The summed E-state index contributed by atoms with van der Waals surface area (Å²) >= 11 is 0. The maximum Gasteiger partial charge on any atom is 0.526 e. The lowest BCUT2D eigenvalue weighted by Gasteiger charge is -2.33. The van der Waals surface area contributed by atoms with Gasteiger partial charge in [0.15, 0.2) is 5.78 Å². The number of aliphatic hydroxyl groups is 1. The number of hydrogen-bond donors (Lipinski definition) is 3. The van der Waals surface area contributed by atoms with E-state index in [-0.39, 0.29) is 32.7 Å². The highest BCUT2D eigenvalue weighted by molar-refractivity contribution is 6.46. The molecule has 0 saturated carbocycles. The molecule has 0 spiro atoms. The Labute approximate surface area is 226 Å². The molecule has 0 aromatic heterocycles. The van der Waals surface area contributed by atoms with Crippen molar-refractivity contribution >= 4 is 30.7 Å². The molecule has 39 heavy (non-hydrogen) atoms. The van der Waals surface area contributed by atoms with Crippen molar-refractivity contribution in [1.82, 2.24) is 15.1 Å². The lowest BCUT2D eigenvalue weighted by Crippen LogP contribution is -2.58. The SMILES string of the molecule is CCN1CCN(C(=O)NC(C(=O)C[C@H]2Cc3cccc(C)c3OB2O)c2ccc(OCCO)cc2)C(=O)C1=O. The Morgan fingerprint density at radius 3 is 2.59 bits per heavy atom. The Morgan fingerprint density at radius 2 is 1.90 bits per heavy atom. The Hall–Kier alpha value is -3.90. The van der Waals surface area contributed by atoms with Crippen LogP contribution in [0.1, 0.15) is 36.1 Å². The number of nitrogens with zero attached hydrogens (tertiary/aromatic N) is 2. The van der Waals surface area contributed by atoms with Gasteiger partial charge in [0, 0.05) is 31.9 Å². The van der Waals surface area contributed by atoms with Gasteiger partial charge in [-0.15, -0.1) is 0 Å². The van der Waals surface area contributed by atoms with Crippen molar-refractivity contribution < 1.29 is 38.7 Å². The number of carbonyl (C=O) groups is 4. The molecule has 1 unspecified atom stereocenters. The maximum absolute atomic E-state index is 13.6. The van der Waals surface area contributed by atoms with Crippen LogP contribution in [0.5, 0.6) is 11.5 Å². The van der Waals surface area contributed by atoms with Gasteiger partial charge in [0.1, 0.15) is 24.1 Å². The number of urea groups is 1. The number of hydrogen-bond acceptors (Lipinski definition) is 8. The number of ether oxygens (including phenoxy) is 1. The fraction of sp³-hybridized carbons (Fsp3) is 0.407. The van der Waals surface area contributed by atoms with E-state index < -0.39 is 42.6 Å². The first-order chi connectivity index (χ1) is 18.7. The van der Waals surface area contributed by atoms with Crippen LogP contribution in [0, 0.1) is 6.92 Å². The second-order valence-corrected chi connectivity index (χ2v) is 9.57. The van der Waals surface area contributed by atoms with Crippen LogP contribution in [0.2, 0.25) is 5.82 Å². The lowest BCUT2D eigenvalue weighted by molar-refractivity contribution is -0.153. The van der Waals surface area contributed by atoms with E-state index in [1.807, 2.05) is 25.1 Å². The Morgan fingerprint density at radius 1 is 1.15 bits per heavy atom. The number of benzene rings is 2. The minimum Gasteiger partial charge on any atom is -0.536 e. The van der Waals surface area contributed by atoms with Gasteiger partial charge in [0.2, 0.25) is 0 Å². The van der Waals surface area contributed by atoms with Crippen LogP contribution in [0.4, 0.5) is 4.79 Å². The monoisotopic (exact) mass is 537 g/mol. The van der Waals surface area contributed by atoms with Crippen LogP contribution < -0.4 is 14.7 Å². The quantitative estimate of drug-likeness (QED) is 0.320. The number of fused-ring (bicyclic) bond motifs is 1. The van der Waals surface area contributed by atoms with Crippen LogP contribution in [0.3, 0.4) is 0 Å². The normalized spacial score (nSPS) is 17.8. The van der Waals surface area contributed by atoms with E-state index in [1.165, 1.54) is 4.90 Å². The number of imide groups is 1. The van der Waals surface area contributed by atoms with Crippen LogP contribution in [0.25, 0.3) is 0 Å². The molecule has 4 amide bonds. The van der Waals surface area contributed by atoms with E-state index in [4.69, 9.17) is 14.5 Å². The van der Waals surface area contributed by atoms with Crippen molar-refractivity contribution in [2.75, 3.05) is 32.8 Å². The number of aryl methyl sites for hydroxylation is 1. The van der Waals surface area contributed by atoms with Gasteiger partial charge in [0.05, 0.1) is 6.61 Å². The molecule has 11 nitrogen and oxygen atoms in total. The number of carbonyl (C=O) groups excluding carboxylic acids is 4. The summed E-state index contributed by atoms with van der Waals surface area (Å²) in [6, 6.07) is 10.0. The second kappa shape index (κ2) is 12.3. The largest absolute Gasteiger partial charge is 0.536 e. The number of nitrogens with one attached hydrogen (secondary N) is 1. The molecule has 12 heteroatoms. The van der Waals surface area contributed by atoms with Crippen molar-refractivity contribution in [1.29, 1.82) is 0 Å². The summed E-state index contributed by atoms with van der Waals surface area (Å²) < 4.78 is 11.1. The molecule has 0 bridgehead atoms. The van der Waals surface area contributed by atoms with Crippen molar-refractivity contribution in [3.8, 4) is 11.5 Å². The van der Waals surface area contributed by atoms with E-state index in [0.29, 0.717) is 30.0 Å². The predicted molar refractivity (Wildman–Crippen MR) is 141 cm³/mol. The summed E-state index contributed by atoms with van der Waals surface area (Å²) in [4.78, 5) is 53.8. The highest BCUT2D eigenvalue weighted by atomic mass is 16.5. The molecule has 2 aliphatic rings. The van der Waals surface area contributed by atoms with E-state index >= 15 is 0 Å². The first-order valence-corrected chi connectivity index (χ1v) is 12.9. The average Bonchev–Trinajstić information content (AvgIpc) is 2.93. The molecule has 2 atom stereocenters. The van der Waals surface area contributed by atoms with Gasteiger partial charge in [-0.05, 0) is 49.1 Å². The van der Waals surface area contributed by atoms with Gasteiger partial charge in [-0.1, -0.05) is 30.3 Å². The number of Topliss-reactive ketones (excluding diaryl/α,β-unsaturated/α-hetero) is 1. The van der Waals surface area contributed by atoms with E-state index in [9.17, 15) is 24.2 Å². The van der Waals surface area contributed by atoms with E-state index in [2.05, 4.69) is 5.32 Å². The molecule has 2 heterocycles. The molecule has 4 rings (SSSR count). The molecule has 0 radical (unpaired) electrons. The van der Waals surface area contributed by atoms with E-state index in [0.717, 1.165) is 16.0 Å². The Balaban J connectivity index is 1.54. The summed E-state index contributed by atoms with van der Waals surface area (Å²) in [6.07, 6.45) is 0.295. The highest BCUT2D eigenvalue weighted by Gasteiger charge is 2.40. The van der Waals surface area contributed by atoms with Crippen LogP contribution >= 0.6 is 0 Å². The molecule has 206 valence electrons. The van der Waals surface area contributed by atoms with Crippen molar-refractivity contribution in [3.05, 3.63) is 59.2 Å². The fourth-order valence-corrected chi connectivity index (χ4v) is 4.83. The molecule has 1 saturated heterocycles. The molecular formula is C27H32BN3O8. The molecule has 2 aromatic rings. The van der Waals surface area contributed by atoms with Gasteiger partial charge in [-0.25, -0.2) is 4.79 Å². The first kappa shape index (κ1) is 28.1. The number of ketones is 1. The summed E-state index contributed by atoms with van der Waals surface area (Å²) in [5, 5.41) is 22.3. The third-order valence-corrected chi connectivity index (χ3v) is 6.98. The predicted octanol–water partition coefficient (Wildman–Crippen LogP) is 1.25. The Bertz CT molecular complexity index is 1240. The topological polar surface area (TPSA) is 146 Å². The van der Waals surface area contributed by atoms with E-state index in [1.54, 1.807) is 31.2 Å². The van der Waals surface area contributed by atoms with Gasteiger partial charge < -0.3 is 29.7 Å². The summed E-state index contributed by atoms with van der Waals surface area (Å²) in [6.45, 7) is 4.11. The molecule has 3 N–H and O–H groups in total. The third-order valence-electron chi connectivity index (χ3n) is 6.98. The smallest absolute Gasteiger partial charge is 0.526 e.